The van der Waals surface area contributed by atoms with Gasteiger partial charge in [-0.05, 0) is 45.8 Å². The molecule has 1 aliphatic heterocycles. The molecule has 1 unspecified atom stereocenters. The third-order valence-corrected chi connectivity index (χ3v) is 5.14. The van der Waals surface area contributed by atoms with Crippen LogP contribution in [0.1, 0.15) is 48.8 Å². The first-order chi connectivity index (χ1) is 14.5. The van der Waals surface area contributed by atoms with E-state index in [2.05, 4.69) is 41.1 Å². The minimum Gasteiger partial charge on any atom is -0.347 e. The quantitative estimate of drug-likeness (QED) is 0.489. The lowest BCUT2D eigenvalue weighted by atomic mass is 9.95. The summed E-state index contributed by atoms with van der Waals surface area (Å²) < 4.78 is 27.2. The average molecular weight is 414 g/mol. The number of aromatic nitrogens is 5. The van der Waals surface area contributed by atoms with Crippen molar-refractivity contribution in [3.8, 4) is 0 Å². The number of piperidine rings is 1. The smallest absolute Gasteiger partial charge is 0.233 e. The van der Waals surface area contributed by atoms with Crippen LogP contribution < -0.4 is 16.0 Å². The van der Waals surface area contributed by atoms with Gasteiger partial charge in [0.25, 0.3) is 0 Å². The van der Waals surface area contributed by atoms with Gasteiger partial charge in [-0.25, -0.2) is 8.78 Å². The number of hydrogen-bond acceptors (Lipinski definition) is 7. The van der Waals surface area contributed by atoms with Gasteiger partial charge in [-0.3, -0.25) is 5.10 Å². The normalized spacial score (nSPS) is 15.7. The van der Waals surface area contributed by atoms with Gasteiger partial charge >= 0.3 is 0 Å². The Kier molecular flexibility index (Phi) is 5.84. The van der Waals surface area contributed by atoms with E-state index in [0.29, 0.717) is 29.1 Å². The Labute approximate surface area is 172 Å². The lowest BCUT2D eigenvalue weighted by Gasteiger charge is -2.20. The number of nitrogens with one attached hydrogen (secondary N) is 4. The van der Waals surface area contributed by atoms with E-state index in [0.717, 1.165) is 37.7 Å². The van der Waals surface area contributed by atoms with Crippen LogP contribution in [0, 0.1) is 18.6 Å². The summed E-state index contributed by atoms with van der Waals surface area (Å²) in [5.41, 5.74) is 1.41. The predicted octanol–water partition coefficient (Wildman–Crippen LogP) is 3.57. The molecule has 0 saturated carbocycles. The standard InChI is InChI=1S/C20H24F2N8/c1-11(15-4-3-14(21)9-16(15)22)24-19-25-12(2)26-20(28-19)27-18-10-17(29-30-18)13-5-7-23-8-6-13/h3-4,9-11,13,23H,5-8H2,1-2H3,(H3,24,25,26,27,28,29,30). The summed E-state index contributed by atoms with van der Waals surface area (Å²) in [7, 11) is 0. The minimum absolute atomic E-state index is 0.287. The van der Waals surface area contributed by atoms with E-state index in [4.69, 9.17) is 0 Å². The van der Waals surface area contributed by atoms with Crippen molar-refractivity contribution >= 4 is 17.7 Å². The summed E-state index contributed by atoms with van der Waals surface area (Å²) in [5, 5.41) is 16.9. The number of anilines is 3. The van der Waals surface area contributed by atoms with Crippen molar-refractivity contribution in [2.45, 2.75) is 38.6 Å². The first kappa shape index (κ1) is 20.1. The van der Waals surface area contributed by atoms with Crippen molar-refractivity contribution < 1.29 is 8.78 Å². The lowest BCUT2D eigenvalue weighted by Crippen LogP contribution is -2.26. The molecule has 2 aromatic heterocycles. The van der Waals surface area contributed by atoms with Crippen LogP contribution in [0.4, 0.5) is 26.5 Å². The Morgan fingerprint density at radius 1 is 1.07 bits per heavy atom. The summed E-state index contributed by atoms with van der Waals surface area (Å²) in [4.78, 5) is 12.9. The van der Waals surface area contributed by atoms with Crippen molar-refractivity contribution in [3.63, 3.8) is 0 Å². The first-order valence-electron chi connectivity index (χ1n) is 9.95. The molecule has 1 saturated heterocycles. The van der Waals surface area contributed by atoms with Crippen LogP contribution in [0.2, 0.25) is 0 Å². The Morgan fingerprint density at radius 3 is 2.60 bits per heavy atom. The third kappa shape index (κ3) is 4.70. The highest BCUT2D eigenvalue weighted by molar-refractivity contribution is 5.50. The molecule has 3 heterocycles. The van der Waals surface area contributed by atoms with Crippen molar-refractivity contribution in [2.75, 3.05) is 23.7 Å². The van der Waals surface area contributed by atoms with Crippen LogP contribution >= 0.6 is 0 Å². The summed E-state index contributed by atoms with van der Waals surface area (Å²) >= 11 is 0. The van der Waals surface area contributed by atoms with Crippen LogP contribution in [0.15, 0.2) is 24.3 Å². The van der Waals surface area contributed by atoms with Gasteiger partial charge in [0.1, 0.15) is 17.5 Å². The first-order valence-corrected chi connectivity index (χ1v) is 9.95. The third-order valence-electron chi connectivity index (χ3n) is 5.14. The van der Waals surface area contributed by atoms with E-state index in [1.54, 1.807) is 13.8 Å². The Balaban J connectivity index is 1.47. The van der Waals surface area contributed by atoms with Gasteiger partial charge in [-0.15, -0.1) is 0 Å². The number of aryl methyl sites for hydroxylation is 1. The number of halogens is 2. The SMILES string of the molecule is Cc1nc(Nc2cc(C3CCNCC3)[nH]n2)nc(NC(C)c2ccc(F)cc2F)n1. The van der Waals surface area contributed by atoms with E-state index in [1.165, 1.54) is 12.1 Å². The van der Waals surface area contributed by atoms with Crippen LogP contribution in [0.3, 0.4) is 0 Å². The molecular weight excluding hydrogens is 390 g/mol. The van der Waals surface area contributed by atoms with Gasteiger partial charge in [-0.2, -0.15) is 20.1 Å². The Hall–Kier alpha value is -3.14. The summed E-state index contributed by atoms with van der Waals surface area (Å²) in [5.74, 6) is 0.956. The number of aromatic amines is 1. The minimum atomic E-state index is -0.624. The molecule has 4 N–H and O–H groups in total. The van der Waals surface area contributed by atoms with Gasteiger partial charge in [-0.1, -0.05) is 6.07 Å². The largest absolute Gasteiger partial charge is 0.347 e. The maximum atomic E-state index is 14.0. The van der Waals surface area contributed by atoms with Crippen molar-refractivity contribution in [1.29, 1.82) is 0 Å². The average Bonchev–Trinajstić information content (AvgIpc) is 3.16. The van der Waals surface area contributed by atoms with E-state index in [1.807, 2.05) is 6.07 Å². The van der Waals surface area contributed by atoms with Crippen LogP contribution in [0.25, 0.3) is 0 Å². The number of nitrogens with zero attached hydrogens (tertiary/aromatic N) is 4. The van der Waals surface area contributed by atoms with Crippen LogP contribution in [0.5, 0.6) is 0 Å². The Morgan fingerprint density at radius 2 is 1.83 bits per heavy atom. The summed E-state index contributed by atoms with van der Waals surface area (Å²) in [6.07, 6.45) is 2.14. The van der Waals surface area contributed by atoms with Gasteiger partial charge in [0.05, 0.1) is 6.04 Å². The maximum absolute atomic E-state index is 14.0. The van der Waals surface area contributed by atoms with Gasteiger partial charge in [0, 0.05) is 29.3 Å². The highest BCUT2D eigenvalue weighted by Gasteiger charge is 2.18. The topological polar surface area (TPSA) is 103 Å². The molecule has 10 heteroatoms. The molecule has 0 spiro atoms. The molecule has 8 nitrogen and oxygen atoms in total. The summed E-state index contributed by atoms with van der Waals surface area (Å²) in [6.45, 7) is 5.50. The fourth-order valence-corrected chi connectivity index (χ4v) is 3.58. The zero-order valence-electron chi connectivity index (χ0n) is 16.8. The van der Waals surface area contributed by atoms with E-state index < -0.39 is 17.7 Å². The van der Waals surface area contributed by atoms with E-state index >= 15 is 0 Å². The highest BCUT2D eigenvalue weighted by Crippen LogP contribution is 2.26. The van der Waals surface area contributed by atoms with Crippen molar-refractivity contribution in [2.24, 2.45) is 0 Å². The van der Waals surface area contributed by atoms with Crippen LogP contribution in [-0.2, 0) is 0 Å². The molecular formula is C20H24F2N8. The molecule has 1 aromatic carbocycles. The van der Waals surface area contributed by atoms with Gasteiger partial charge in [0.15, 0.2) is 5.82 Å². The van der Waals surface area contributed by atoms with Crippen molar-refractivity contribution in [3.05, 3.63) is 53.0 Å². The number of rotatable bonds is 6. The molecule has 3 aromatic rings. The maximum Gasteiger partial charge on any atom is 0.233 e. The molecule has 158 valence electrons. The molecule has 0 aliphatic carbocycles. The van der Waals surface area contributed by atoms with Crippen LogP contribution in [-0.4, -0.2) is 38.2 Å². The number of benzene rings is 1. The monoisotopic (exact) mass is 414 g/mol. The molecule has 1 aliphatic rings. The number of hydrogen-bond donors (Lipinski definition) is 4. The van der Waals surface area contributed by atoms with Gasteiger partial charge in [0.2, 0.25) is 11.9 Å². The molecule has 1 fully saturated rings. The lowest BCUT2D eigenvalue weighted by molar-refractivity contribution is 0.453. The molecule has 0 bridgehead atoms. The van der Waals surface area contributed by atoms with E-state index in [9.17, 15) is 8.78 Å². The fourth-order valence-electron chi connectivity index (χ4n) is 3.58. The Bertz CT molecular complexity index is 1020. The van der Waals surface area contributed by atoms with Gasteiger partial charge < -0.3 is 16.0 Å². The predicted molar refractivity (Wildman–Crippen MR) is 110 cm³/mol. The number of H-pyrrole nitrogens is 1. The molecule has 30 heavy (non-hydrogen) atoms. The fraction of sp³-hybridized carbons (Fsp3) is 0.400. The second kappa shape index (κ2) is 8.70. The molecule has 4 rings (SSSR count). The molecule has 0 radical (unpaired) electrons. The van der Waals surface area contributed by atoms with Crippen molar-refractivity contribution in [1.82, 2.24) is 30.5 Å². The zero-order chi connectivity index (χ0) is 21.1. The summed E-state index contributed by atoms with van der Waals surface area (Å²) in [6, 6.07) is 4.99. The van der Waals surface area contributed by atoms with E-state index in [-0.39, 0.29) is 5.95 Å². The molecule has 1 atom stereocenters. The highest BCUT2D eigenvalue weighted by atomic mass is 19.1. The second-order valence-electron chi connectivity index (χ2n) is 7.42. The second-order valence-corrected chi connectivity index (χ2v) is 7.42. The molecule has 0 amide bonds. The zero-order valence-corrected chi connectivity index (χ0v) is 16.8.